The highest BCUT2D eigenvalue weighted by atomic mass is 16.5. The van der Waals surface area contributed by atoms with Crippen LogP contribution in [0.5, 0.6) is 5.88 Å². The van der Waals surface area contributed by atoms with Crippen LogP contribution in [0.1, 0.15) is 19.2 Å². The lowest BCUT2D eigenvalue weighted by atomic mass is 10.3. The summed E-state index contributed by atoms with van der Waals surface area (Å²) in [6.07, 6.45) is 2.69. The van der Waals surface area contributed by atoms with Gasteiger partial charge in [0.25, 0.3) is 0 Å². The molecule has 0 saturated heterocycles. The smallest absolute Gasteiger partial charge is 0.239 e. The van der Waals surface area contributed by atoms with E-state index in [4.69, 9.17) is 10.5 Å². The SMILES string of the molecule is CCCOc1nc(N2CCn3cnnc3C2)ccc1N. The fourth-order valence-corrected chi connectivity index (χ4v) is 2.19. The Morgan fingerprint density at radius 3 is 3.10 bits per heavy atom. The minimum atomic E-state index is 0.511. The van der Waals surface area contributed by atoms with Gasteiger partial charge in [0.1, 0.15) is 12.1 Å². The molecule has 0 aliphatic carbocycles. The third-order valence-electron chi connectivity index (χ3n) is 3.28. The highest BCUT2D eigenvalue weighted by molar-refractivity contribution is 5.54. The fourth-order valence-electron chi connectivity index (χ4n) is 2.19. The summed E-state index contributed by atoms with van der Waals surface area (Å²) in [5.41, 5.74) is 6.46. The molecule has 1 aliphatic rings. The van der Waals surface area contributed by atoms with Crippen molar-refractivity contribution in [2.75, 3.05) is 23.8 Å². The largest absolute Gasteiger partial charge is 0.476 e. The molecule has 7 heteroatoms. The van der Waals surface area contributed by atoms with Crippen molar-refractivity contribution in [3.63, 3.8) is 0 Å². The van der Waals surface area contributed by atoms with Crippen molar-refractivity contribution in [2.45, 2.75) is 26.4 Å². The predicted octanol–water partition coefficient (Wildman–Crippen LogP) is 1.06. The van der Waals surface area contributed by atoms with Crippen LogP contribution < -0.4 is 15.4 Å². The summed E-state index contributed by atoms with van der Waals surface area (Å²) in [5, 5.41) is 8.03. The maximum atomic E-state index is 5.89. The number of nitrogens with zero attached hydrogens (tertiary/aromatic N) is 5. The number of hydrogen-bond donors (Lipinski definition) is 1. The Labute approximate surface area is 117 Å². The average molecular weight is 274 g/mol. The van der Waals surface area contributed by atoms with Gasteiger partial charge in [-0.05, 0) is 18.6 Å². The Morgan fingerprint density at radius 1 is 1.35 bits per heavy atom. The van der Waals surface area contributed by atoms with Crippen molar-refractivity contribution < 1.29 is 4.74 Å². The first-order valence-corrected chi connectivity index (χ1v) is 6.79. The Morgan fingerprint density at radius 2 is 2.25 bits per heavy atom. The van der Waals surface area contributed by atoms with Gasteiger partial charge in [-0.3, -0.25) is 0 Å². The summed E-state index contributed by atoms with van der Waals surface area (Å²) in [6, 6.07) is 3.76. The summed E-state index contributed by atoms with van der Waals surface area (Å²) in [6.45, 7) is 5.10. The van der Waals surface area contributed by atoms with Crippen LogP contribution in [0.15, 0.2) is 18.5 Å². The normalized spacial score (nSPS) is 14.2. The monoisotopic (exact) mass is 274 g/mol. The molecule has 0 amide bonds. The van der Waals surface area contributed by atoms with Crippen LogP contribution in [-0.4, -0.2) is 32.9 Å². The number of nitrogen functional groups attached to an aromatic ring is 1. The second kappa shape index (κ2) is 5.36. The lowest BCUT2D eigenvalue weighted by Crippen LogP contribution is -2.34. The number of rotatable bonds is 4. The summed E-state index contributed by atoms with van der Waals surface area (Å²) >= 11 is 0. The zero-order chi connectivity index (χ0) is 13.9. The first-order chi connectivity index (χ1) is 9.78. The molecule has 2 aromatic rings. The van der Waals surface area contributed by atoms with E-state index >= 15 is 0 Å². The first kappa shape index (κ1) is 12.7. The van der Waals surface area contributed by atoms with Gasteiger partial charge in [-0.25, -0.2) is 0 Å². The molecule has 106 valence electrons. The highest BCUT2D eigenvalue weighted by Gasteiger charge is 2.19. The van der Waals surface area contributed by atoms with Gasteiger partial charge < -0.3 is 19.9 Å². The number of nitrogens with two attached hydrogens (primary N) is 1. The van der Waals surface area contributed by atoms with Crippen molar-refractivity contribution in [3.05, 3.63) is 24.3 Å². The van der Waals surface area contributed by atoms with Gasteiger partial charge in [0, 0.05) is 13.1 Å². The Kier molecular flexibility index (Phi) is 3.41. The van der Waals surface area contributed by atoms with Crippen LogP contribution in [0.3, 0.4) is 0 Å². The Bertz CT molecular complexity index is 596. The molecule has 0 atom stereocenters. The van der Waals surface area contributed by atoms with E-state index in [1.807, 2.05) is 12.1 Å². The van der Waals surface area contributed by atoms with E-state index in [1.165, 1.54) is 0 Å². The van der Waals surface area contributed by atoms with E-state index < -0.39 is 0 Å². The minimum absolute atomic E-state index is 0.511. The maximum absolute atomic E-state index is 5.89. The van der Waals surface area contributed by atoms with Crippen LogP contribution >= 0.6 is 0 Å². The van der Waals surface area contributed by atoms with Crippen LogP contribution in [0.25, 0.3) is 0 Å². The zero-order valence-corrected chi connectivity index (χ0v) is 11.5. The van der Waals surface area contributed by atoms with Gasteiger partial charge in [0.15, 0.2) is 5.82 Å². The quantitative estimate of drug-likeness (QED) is 0.898. The second-order valence-electron chi connectivity index (χ2n) is 4.77. The molecular formula is C13H18N6O. The second-order valence-corrected chi connectivity index (χ2v) is 4.77. The Balaban J connectivity index is 1.80. The van der Waals surface area contributed by atoms with Crippen molar-refractivity contribution in [1.29, 1.82) is 0 Å². The van der Waals surface area contributed by atoms with E-state index in [2.05, 4.69) is 31.6 Å². The van der Waals surface area contributed by atoms with E-state index in [0.717, 1.165) is 31.2 Å². The fraction of sp³-hybridized carbons (Fsp3) is 0.462. The molecule has 0 spiro atoms. The molecule has 0 bridgehead atoms. The molecule has 3 rings (SSSR count). The van der Waals surface area contributed by atoms with Crippen molar-refractivity contribution in [1.82, 2.24) is 19.7 Å². The summed E-state index contributed by atoms with van der Waals surface area (Å²) in [5.74, 6) is 2.32. The minimum Gasteiger partial charge on any atom is -0.476 e. The number of ether oxygens (including phenoxy) is 1. The summed E-state index contributed by atoms with van der Waals surface area (Å²) in [7, 11) is 0. The van der Waals surface area contributed by atoms with E-state index in [0.29, 0.717) is 24.7 Å². The third kappa shape index (κ3) is 2.38. The topological polar surface area (TPSA) is 82.1 Å². The zero-order valence-electron chi connectivity index (χ0n) is 11.5. The lowest BCUT2D eigenvalue weighted by Gasteiger charge is -2.28. The van der Waals surface area contributed by atoms with Gasteiger partial charge in [0.05, 0.1) is 18.8 Å². The van der Waals surface area contributed by atoms with Crippen LogP contribution in [-0.2, 0) is 13.1 Å². The molecule has 1 aliphatic heterocycles. The number of hydrogen-bond acceptors (Lipinski definition) is 6. The van der Waals surface area contributed by atoms with Crippen LogP contribution in [0.4, 0.5) is 11.5 Å². The first-order valence-electron chi connectivity index (χ1n) is 6.79. The predicted molar refractivity (Wildman–Crippen MR) is 75.5 cm³/mol. The molecule has 0 saturated carbocycles. The van der Waals surface area contributed by atoms with E-state index in [9.17, 15) is 0 Å². The van der Waals surface area contributed by atoms with E-state index in [1.54, 1.807) is 6.33 Å². The molecule has 20 heavy (non-hydrogen) atoms. The molecule has 0 radical (unpaired) electrons. The van der Waals surface area contributed by atoms with Gasteiger partial charge in [-0.15, -0.1) is 10.2 Å². The number of fused-ring (bicyclic) bond motifs is 1. The van der Waals surface area contributed by atoms with Gasteiger partial charge >= 0.3 is 0 Å². The van der Waals surface area contributed by atoms with Gasteiger partial charge in [0.2, 0.25) is 5.88 Å². The van der Waals surface area contributed by atoms with Gasteiger partial charge in [-0.1, -0.05) is 6.92 Å². The lowest BCUT2D eigenvalue weighted by molar-refractivity contribution is 0.307. The maximum Gasteiger partial charge on any atom is 0.239 e. The van der Waals surface area contributed by atoms with Gasteiger partial charge in [-0.2, -0.15) is 4.98 Å². The summed E-state index contributed by atoms with van der Waals surface area (Å²) < 4.78 is 7.63. The van der Waals surface area contributed by atoms with E-state index in [-0.39, 0.29) is 0 Å². The molecular weight excluding hydrogens is 256 g/mol. The van der Waals surface area contributed by atoms with Crippen LogP contribution in [0.2, 0.25) is 0 Å². The average Bonchev–Trinajstić information content (AvgIpc) is 2.94. The number of pyridine rings is 1. The highest BCUT2D eigenvalue weighted by Crippen LogP contribution is 2.25. The molecule has 3 heterocycles. The molecule has 2 aromatic heterocycles. The number of aromatic nitrogens is 4. The molecule has 0 unspecified atom stereocenters. The summed E-state index contributed by atoms with van der Waals surface area (Å²) in [4.78, 5) is 6.67. The number of anilines is 2. The van der Waals surface area contributed by atoms with Crippen molar-refractivity contribution >= 4 is 11.5 Å². The van der Waals surface area contributed by atoms with Crippen molar-refractivity contribution in [2.24, 2.45) is 0 Å². The van der Waals surface area contributed by atoms with Crippen LogP contribution in [0, 0.1) is 0 Å². The molecule has 0 fully saturated rings. The third-order valence-corrected chi connectivity index (χ3v) is 3.28. The standard InChI is InChI=1S/C13H18N6O/c1-2-7-20-13-10(14)3-4-11(16-13)18-5-6-19-9-15-17-12(19)8-18/h3-4,9H,2,5-8,14H2,1H3. The van der Waals surface area contributed by atoms with Crippen molar-refractivity contribution in [3.8, 4) is 5.88 Å². The Hall–Kier alpha value is -2.31. The molecule has 0 aromatic carbocycles. The molecule has 7 nitrogen and oxygen atoms in total. The molecule has 2 N–H and O–H groups in total.